The summed E-state index contributed by atoms with van der Waals surface area (Å²) in [6.07, 6.45) is -4.44. The highest BCUT2D eigenvalue weighted by Gasteiger charge is 2.34. The molecule has 2 N–H and O–H groups in total. The number of halogens is 3. The number of alkyl halides is 3. The summed E-state index contributed by atoms with van der Waals surface area (Å²) in [5, 5.41) is 4.81. The largest absolute Gasteiger partial charge is 0.406 e. The lowest BCUT2D eigenvalue weighted by atomic mass is 10.2. The van der Waals surface area contributed by atoms with Gasteiger partial charge in [-0.1, -0.05) is 0 Å². The lowest BCUT2D eigenvalue weighted by Crippen LogP contribution is -2.38. The van der Waals surface area contributed by atoms with Crippen LogP contribution in [0.2, 0.25) is 0 Å². The number of nitrogen functional groups attached to an aromatic ring is 1. The van der Waals surface area contributed by atoms with Crippen molar-refractivity contribution >= 4 is 33.1 Å². The molecule has 0 saturated carbocycles. The van der Waals surface area contributed by atoms with Gasteiger partial charge in [0, 0.05) is 13.6 Å². The Labute approximate surface area is 123 Å². The van der Waals surface area contributed by atoms with Crippen molar-refractivity contribution in [3.8, 4) is 0 Å². The number of hydrogen-bond donors (Lipinski definition) is 1. The van der Waals surface area contributed by atoms with E-state index in [9.17, 15) is 18.0 Å². The standard InChI is InChI=1S/C12H15F3N4OS/c1-4-19(5-12(13,14)15)10(20)9-8(16)7-6(2)17-18(3)11(7)21-9/h4-5,16H2,1-3H3. The molecule has 0 saturated heterocycles. The zero-order valence-electron chi connectivity index (χ0n) is 11.8. The molecular formula is C12H15F3N4OS. The predicted molar refractivity (Wildman–Crippen MR) is 75.4 cm³/mol. The van der Waals surface area contributed by atoms with E-state index in [1.807, 2.05) is 0 Å². The van der Waals surface area contributed by atoms with Gasteiger partial charge in [0.25, 0.3) is 5.91 Å². The van der Waals surface area contributed by atoms with E-state index >= 15 is 0 Å². The Morgan fingerprint density at radius 1 is 1.48 bits per heavy atom. The van der Waals surface area contributed by atoms with E-state index in [2.05, 4.69) is 5.10 Å². The number of carbonyl (C=O) groups is 1. The highest BCUT2D eigenvalue weighted by atomic mass is 32.1. The maximum absolute atomic E-state index is 12.5. The fourth-order valence-electron chi connectivity index (χ4n) is 2.18. The normalized spacial score (nSPS) is 12.1. The minimum Gasteiger partial charge on any atom is -0.397 e. The Bertz CT molecular complexity index is 689. The number of nitrogens with two attached hydrogens (primary N) is 1. The number of carbonyl (C=O) groups excluding carboxylic acids is 1. The second-order valence-electron chi connectivity index (χ2n) is 4.67. The van der Waals surface area contributed by atoms with Crippen LogP contribution in [0, 0.1) is 6.92 Å². The maximum atomic E-state index is 12.5. The molecule has 2 rings (SSSR count). The van der Waals surface area contributed by atoms with E-state index in [0.717, 1.165) is 16.2 Å². The number of nitrogens with zero attached hydrogens (tertiary/aromatic N) is 3. The first-order valence-electron chi connectivity index (χ1n) is 6.23. The molecule has 2 aromatic heterocycles. The summed E-state index contributed by atoms with van der Waals surface area (Å²) >= 11 is 1.07. The Morgan fingerprint density at radius 2 is 2.10 bits per heavy atom. The fourth-order valence-corrected chi connectivity index (χ4v) is 3.33. The summed E-state index contributed by atoms with van der Waals surface area (Å²) in [7, 11) is 1.70. The summed E-state index contributed by atoms with van der Waals surface area (Å²) in [5.41, 5.74) is 6.79. The topological polar surface area (TPSA) is 64.2 Å². The van der Waals surface area contributed by atoms with Gasteiger partial charge in [-0.25, -0.2) is 0 Å². The average Bonchev–Trinajstić information content (AvgIpc) is 2.84. The quantitative estimate of drug-likeness (QED) is 0.945. The van der Waals surface area contributed by atoms with Crippen molar-refractivity contribution in [2.24, 2.45) is 7.05 Å². The van der Waals surface area contributed by atoms with Crippen LogP contribution in [0.5, 0.6) is 0 Å². The van der Waals surface area contributed by atoms with Gasteiger partial charge < -0.3 is 10.6 Å². The van der Waals surface area contributed by atoms with E-state index < -0.39 is 18.6 Å². The molecule has 0 fully saturated rings. The number of hydrogen-bond acceptors (Lipinski definition) is 4. The summed E-state index contributed by atoms with van der Waals surface area (Å²) in [6.45, 7) is 1.92. The van der Waals surface area contributed by atoms with Gasteiger partial charge in [0.1, 0.15) is 16.3 Å². The van der Waals surface area contributed by atoms with Crippen LogP contribution < -0.4 is 5.73 Å². The van der Waals surface area contributed by atoms with Crippen LogP contribution in [0.25, 0.3) is 10.2 Å². The molecule has 2 heterocycles. The Hall–Kier alpha value is -1.77. The molecule has 116 valence electrons. The molecular weight excluding hydrogens is 305 g/mol. The summed E-state index contributed by atoms with van der Waals surface area (Å²) < 4.78 is 39.1. The van der Waals surface area contributed by atoms with Gasteiger partial charge >= 0.3 is 6.18 Å². The average molecular weight is 320 g/mol. The zero-order chi connectivity index (χ0) is 15.9. The zero-order valence-corrected chi connectivity index (χ0v) is 12.6. The SMILES string of the molecule is CCN(CC(F)(F)F)C(=O)c1sc2c(c(C)nn2C)c1N. The van der Waals surface area contributed by atoms with Gasteiger partial charge in [0.05, 0.1) is 16.8 Å². The molecule has 0 spiro atoms. The second-order valence-corrected chi connectivity index (χ2v) is 5.67. The number of amides is 1. The molecule has 21 heavy (non-hydrogen) atoms. The lowest BCUT2D eigenvalue weighted by molar-refractivity contribution is -0.140. The third-order valence-electron chi connectivity index (χ3n) is 3.12. The van der Waals surface area contributed by atoms with E-state index in [0.29, 0.717) is 15.9 Å². The van der Waals surface area contributed by atoms with Crippen LogP contribution in [0.3, 0.4) is 0 Å². The predicted octanol–water partition coefficient (Wildman–Crippen LogP) is 2.55. The number of anilines is 1. The minimum atomic E-state index is -4.44. The first-order valence-corrected chi connectivity index (χ1v) is 7.05. The maximum Gasteiger partial charge on any atom is 0.406 e. The Morgan fingerprint density at radius 3 is 2.57 bits per heavy atom. The van der Waals surface area contributed by atoms with Crippen LogP contribution in [-0.4, -0.2) is 39.9 Å². The van der Waals surface area contributed by atoms with E-state index in [-0.39, 0.29) is 17.1 Å². The smallest absolute Gasteiger partial charge is 0.397 e. The van der Waals surface area contributed by atoms with Gasteiger partial charge in [-0.15, -0.1) is 11.3 Å². The van der Waals surface area contributed by atoms with Gasteiger partial charge in [-0.05, 0) is 13.8 Å². The third kappa shape index (κ3) is 2.82. The molecule has 0 aliphatic heterocycles. The highest BCUT2D eigenvalue weighted by Crippen LogP contribution is 2.36. The molecule has 1 amide bonds. The van der Waals surface area contributed by atoms with Crippen LogP contribution in [0.4, 0.5) is 18.9 Å². The van der Waals surface area contributed by atoms with Crippen LogP contribution in [0.15, 0.2) is 0 Å². The number of fused-ring (bicyclic) bond motifs is 1. The first kappa shape index (κ1) is 15.6. The molecule has 0 aromatic carbocycles. The van der Waals surface area contributed by atoms with Crippen molar-refractivity contribution < 1.29 is 18.0 Å². The van der Waals surface area contributed by atoms with Crippen molar-refractivity contribution in [1.29, 1.82) is 0 Å². The van der Waals surface area contributed by atoms with E-state index in [4.69, 9.17) is 5.73 Å². The van der Waals surface area contributed by atoms with E-state index in [1.165, 1.54) is 6.92 Å². The molecule has 5 nitrogen and oxygen atoms in total. The summed E-state index contributed by atoms with van der Waals surface area (Å²) in [5.74, 6) is -0.701. The number of aromatic nitrogens is 2. The second kappa shape index (κ2) is 5.21. The van der Waals surface area contributed by atoms with Gasteiger partial charge in [-0.2, -0.15) is 18.3 Å². The van der Waals surface area contributed by atoms with E-state index in [1.54, 1.807) is 18.7 Å². The van der Waals surface area contributed by atoms with Crippen LogP contribution in [0.1, 0.15) is 22.3 Å². The Balaban J connectivity index is 2.43. The first-order chi connectivity index (χ1) is 9.65. The molecule has 0 aliphatic rings. The minimum absolute atomic E-state index is 0.0384. The van der Waals surface area contributed by atoms with Gasteiger partial charge in [0.2, 0.25) is 0 Å². The molecule has 9 heteroatoms. The monoisotopic (exact) mass is 320 g/mol. The van der Waals surface area contributed by atoms with Crippen molar-refractivity contribution in [2.45, 2.75) is 20.0 Å². The number of thiophene rings is 1. The molecule has 0 aliphatic carbocycles. The summed E-state index contributed by atoms with van der Waals surface area (Å²) in [4.78, 5) is 13.8. The molecule has 0 unspecified atom stereocenters. The van der Waals surface area contributed by atoms with Crippen LogP contribution >= 0.6 is 11.3 Å². The Kier molecular flexibility index (Phi) is 3.87. The summed E-state index contributed by atoms with van der Waals surface area (Å²) in [6, 6.07) is 0. The van der Waals surface area contributed by atoms with Gasteiger partial charge in [-0.3, -0.25) is 9.48 Å². The number of rotatable bonds is 3. The third-order valence-corrected chi connectivity index (χ3v) is 4.38. The lowest BCUT2D eigenvalue weighted by Gasteiger charge is -2.21. The fraction of sp³-hybridized carbons (Fsp3) is 0.500. The van der Waals surface area contributed by atoms with Crippen molar-refractivity contribution in [3.05, 3.63) is 10.6 Å². The van der Waals surface area contributed by atoms with Crippen LogP contribution in [-0.2, 0) is 7.05 Å². The molecule has 0 bridgehead atoms. The van der Waals surface area contributed by atoms with Crippen molar-refractivity contribution in [1.82, 2.24) is 14.7 Å². The molecule has 0 atom stereocenters. The highest BCUT2D eigenvalue weighted by molar-refractivity contribution is 7.21. The van der Waals surface area contributed by atoms with Crippen molar-refractivity contribution in [2.75, 3.05) is 18.8 Å². The molecule has 0 radical (unpaired) electrons. The van der Waals surface area contributed by atoms with Crippen molar-refractivity contribution in [3.63, 3.8) is 0 Å². The van der Waals surface area contributed by atoms with Gasteiger partial charge in [0.15, 0.2) is 0 Å². The molecule has 2 aromatic rings. The number of aryl methyl sites for hydroxylation is 2.